The van der Waals surface area contributed by atoms with Gasteiger partial charge in [0.15, 0.2) is 6.61 Å². The Balaban J connectivity index is 1.31. The minimum absolute atomic E-state index is 0.0171. The SMILES string of the molecule is O=C1COc2ccccc2N1CCC(=O)N1CCCC1c1nc2ccccc2s1. The van der Waals surface area contributed by atoms with E-state index < -0.39 is 0 Å². The van der Waals surface area contributed by atoms with Gasteiger partial charge in [0.2, 0.25) is 5.91 Å². The Morgan fingerprint density at radius 3 is 2.90 bits per heavy atom. The van der Waals surface area contributed by atoms with Gasteiger partial charge in [-0.1, -0.05) is 24.3 Å². The van der Waals surface area contributed by atoms with Gasteiger partial charge in [-0.05, 0) is 37.1 Å². The zero-order valence-corrected chi connectivity index (χ0v) is 16.7. The summed E-state index contributed by atoms with van der Waals surface area (Å²) >= 11 is 1.67. The zero-order chi connectivity index (χ0) is 19.8. The van der Waals surface area contributed by atoms with Crippen molar-refractivity contribution >= 4 is 39.1 Å². The molecule has 1 unspecified atom stereocenters. The largest absolute Gasteiger partial charge is 0.482 e. The second-order valence-corrected chi connectivity index (χ2v) is 8.38. The molecule has 1 aromatic heterocycles. The van der Waals surface area contributed by atoms with Crippen LogP contribution in [0.25, 0.3) is 10.2 Å². The maximum absolute atomic E-state index is 13.0. The molecular formula is C22H21N3O3S. The summed E-state index contributed by atoms with van der Waals surface area (Å²) in [5, 5.41) is 1.00. The van der Waals surface area contributed by atoms with Crippen molar-refractivity contribution in [3.05, 3.63) is 53.5 Å². The molecule has 29 heavy (non-hydrogen) atoms. The molecule has 0 spiro atoms. The van der Waals surface area contributed by atoms with Crippen LogP contribution in [0.1, 0.15) is 30.3 Å². The first kappa shape index (κ1) is 18.1. The number of ether oxygens (including phenoxy) is 1. The van der Waals surface area contributed by atoms with Gasteiger partial charge in [0.1, 0.15) is 10.8 Å². The van der Waals surface area contributed by atoms with E-state index in [-0.39, 0.29) is 24.5 Å². The van der Waals surface area contributed by atoms with Gasteiger partial charge in [0, 0.05) is 19.5 Å². The lowest BCUT2D eigenvalue weighted by Gasteiger charge is -2.30. The number of amides is 2. The van der Waals surface area contributed by atoms with E-state index in [4.69, 9.17) is 9.72 Å². The standard InChI is InChI=1S/C22H21N3O3S/c26-20(11-13-25-16-7-2-3-9-18(16)28-14-21(25)27)24-12-5-8-17(24)22-23-15-6-1-4-10-19(15)29-22/h1-4,6-7,9-10,17H,5,8,11-14H2. The first-order chi connectivity index (χ1) is 14.2. The number of carbonyl (C=O) groups is 2. The average molecular weight is 407 g/mol. The Bertz CT molecular complexity index is 1050. The summed E-state index contributed by atoms with van der Waals surface area (Å²) in [6.45, 7) is 1.12. The Morgan fingerprint density at radius 2 is 2.00 bits per heavy atom. The first-order valence-electron chi connectivity index (χ1n) is 9.88. The molecule has 3 aromatic rings. The molecule has 1 atom stereocenters. The third kappa shape index (κ3) is 3.35. The fraction of sp³-hybridized carbons (Fsp3) is 0.318. The van der Waals surface area contributed by atoms with Gasteiger partial charge >= 0.3 is 0 Å². The molecule has 148 valence electrons. The minimum Gasteiger partial charge on any atom is -0.482 e. The molecule has 2 aliphatic heterocycles. The molecule has 1 fully saturated rings. The summed E-state index contributed by atoms with van der Waals surface area (Å²) in [6.07, 6.45) is 2.21. The third-order valence-electron chi connectivity index (χ3n) is 5.53. The van der Waals surface area contributed by atoms with Crippen LogP contribution in [0.3, 0.4) is 0 Å². The number of hydrogen-bond donors (Lipinski definition) is 0. The number of hydrogen-bond acceptors (Lipinski definition) is 5. The van der Waals surface area contributed by atoms with Gasteiger partial charge in [-0.15, -0.1) is 11.3 Å². The lowest BCUT2D eigenvalue weighted by Crippen LogP contribution is -2.41. The Morgan fingerprint density at radius 1 is 1.17 bits per heavy atom. The lowest BCUT2D eigenvalue weighted by atomic mass is 10.2. The topological polar surface area (TPSA) is 62.7 Å². The van der Waals surface area contributed by atoms with Crippen LogP contribution in [-0.4, -0.2) is 41.4 Å². The molecule has 2 aliphatic rings. The van der Waals surface area contributed by atoms with Crippen molar-refractivity contribution in [3.8, 4) is 5.75 Å². The fourth-order valence-electron chi connectivity index (χ4n) is 4.10. The predicted octanol–water partition coefficient (Wildman–Crippen LogP) is 3.78. The number of fused-ring (bicyclic) bond motifs is 2. The number of rotatable bonds is 4. The number of aromatic nitrogens is 1. The molecule has 0 saturated carbocycles. The number of likely N-dealkylation sites (tertiary alicyclic amines) is 1. The monoisotopic (exact) mass is 407 g/mol. The van der Waals surface area contributed by atoms with Crippen molar-refractivity contribution in [2.75, 3.05) is 24.6 Å². The maximum atomic E-state index is 13.0. The summed E-state index contributed by atoms with van der Waals surface area (Å²) in [5.74, 6) is 0.650. The van der Waals surface area contributed by atoms with Crippen molar-refractivity contribution in [2.24, 2.45) is 0 Å². The highest BCUT2D eigenvalue weighted by Crippen LogP contribution is 2.37. The summed E-state index contributed by atoms with van der Waals surface area (Å²) in [4.78, 5) is 33.8. The molecule has 1 saturated heterocycles. The molecule has 7 heteroatoms. The number of thiazole rings is 1. The molecule has 5 rings (SSSR count). The summed E-state index contributed by atoms with van der Waals surface area (Å²) in [5.41, 5.74) is 1.73. The molecule has 0 N–H and O–H groups in total. The van der Waals surface area contributed by atoms with Gasteiger partial charge in [0.05, 0.1) is 21.9 Å². The van der Waals surface area contributed by atoms with Crippen molar-refractivity contribution in [1.29, 1.82) is 0 Å². The van der Waals surface area contributed by atoms with Crippen LogP contribution >= 0.6 is 11.3 Å². The number of nitrogens with zero attached hydrogens (tertiary/aromatic N) is 3. The van der Waals surface area contributed by atoms with E-state index in [9.17, 15) is 9.59 Å². The number of para-hydroxylation sites is 3. The maximum Gasteiger partial charge on any atom is 0.265 e. The Kier molecular flexibility index (Phi) is 4.67. The molecule has 2 amide bonds. The van der Waals surface area contributed by atoms with E-state index in [0.717, 1.165) is 40.3 Å². The van der Waals surface area contributed by atoms with Gasteiger partial charge in [0.25, 0.3) is 5.91 Å². The molecule has 6 nitrogen and oxygen atoms in total. The highest BCUT2D eigenvalue weighted by molar-refractivity contribution is 7.18. The van der Waals surface area contributed by atoms with Crippen LogP contribution < -0.4 is 9.64 Å². The second-order valence-electron chi connectivity index (χ2n) is 7.32. The molecule has 0 bridgehead atoms. The minimum atomic E-state index is -0.111. The van der Waals surface area contributed by atoms with Crippen molar-refractivity contribution in [3.63, 3.8) is 0 Å². The van der Waals surface area contributed by atoms with Crippen molar-refractivity contribution in [2.45, 2.75) is 25.3 Å². The van der Waals surface area contributed by atoms with Gasteiger partial charge < -0.3 is 14.5 Å². The van der Waals surface area contributed by atoms with E-state index in [1.54, 1.807) is 16.2 Å². The average Bonchev–Trinajstić information content (AvgIpc) is 3.39. The predicted molar refractivity (Wildman–Crippen MR) is 112 cm³/mol. The summed E-state index contributed by atoms with van der Waals surface area (Å²) in [7, 11) is 0. The smallest absolute Gasteiger partial charge is 0.265 e. The first-order valence-corrected chi connectivity index (χ1v) is 10.7. The van der Waals surface area contributed by atoms with E-state index in [1.165, 1.54) is 0 Å². The molecule has 3 heterocycles. The number of carbonyl (C=O) groups excluding carboxylic acids is 2. The Hall–Kier alpha value is -2.93. The van der Waals surface area contributed by atoms with Crippen LogP contribution in [0.15, 0.2) is 48.5 Å². The van der Waals surface area contributed by atoms with Gasteiger partial charge in [-0.25, -0.2) is 4.98 Å². The van der Waals surface area contributed by atoms with Gasteiger partial charge in [-0.2, -0.15) is 0 Å². The molecule has 0 radical (unpaired) electrons. The summed E-state index contributed by atoms with van der Waals surface area (Å²) in [6, 6.07) is 15.6. The molecular weight excluding hydrogens is 386 g/mol. The number of benzene rings is 2. The van der Waals surface area contributed by atoms with E-state index in [2.05, 4.69) is 6.07 Å². The van der Waals surface area contributed by atoms with E-state index in [1.807, 2.05) is 47.4 Å². The molecule has 0 aliphatic carbocycles. The van der Waals surface area contributed by atoms with E-state index >= 15 is 0 Å². The van der Waals surface area contributed by atoms with Crippen LogP contribution in [0.4, 0.5) is 5.69 Å². The third-order valence-corrected chi connectivity index (χ3v) is 6.66. The van der Waals surface area contributed by atoms with Crippen molar-refractivity contribution in [1.82, 2.24) is 9.88 Å². The Labute approximate surface area is 172 Å². The highest BCUT2D eigenvalue weighted by atomic mass is 32.1. The van der Waals surface area contributed by atoms with E-state index in [0.29, 0.717) is 18.7 Å². The normalized spacial score (nSPS) is 18.8. The molecule has 2 aromatic carbocycles. The quantitative estimate of drug-likeness (QED) is 0.660. The summed E-state index contributed by atoms with van der Waals surface area (Å²) < 4.78 is 6.63. The fourth-order valence-corrected chi connectivity index (χ4v) is 5.22. The van der Waals surface area contributed by atoms with Crippen LogP contribution in [-0.2, 0) is 9.59 Å². The van der Waals surface area contributed by atoms with Crippen LogP contribution in [0, 0.1) is 0 Å². The van der Waals surface area contributed by atoms with Crippen molar-refractivity contribution < 1.29 is 14.3 Å². The zero-order valence-electron chi connectivity index (χ0n) is 15.9. The van der Waals surface area contributed by atoms with Crippen LogP contribution in [0.5, 0.6) is 5.75 Å². The number of anilines is 1. The second kappa shape index (κ2) is 7.48. The lowest BCUT2D eigenvalue weighted by molar-refractivity contribution is -0.132. The van der Waals surface area contributed by atoms with Gasteiger partial charge in [-0.3, -0.25) is 9.59 Å². The van der Waals surface area contributed by atoms with Crippen LogP contribution in [0.2, 0.25) is 0 Å². The highest BCUT2D eigenvalue weighted by Gasteiger charge is 2.33.